The molecule has 1 saturated carbocycles. The van der Waals surface area contributed by atoms with Gasteiger partial charge in [0.15, 0.2) is 6.40 Å². The minimum atomic E-state index is -0.596. The number of esters is 1. The first-order valence-corrected chi connectivity index (χ1v) is 10.6. The summed E-state index contributed by atoms with van der Waals surface area (Å²) in [6, 6.07) is 8.60. The summed E-state index contributed by atoms with van der Waals surface area (Å²) >= 11 is 0. The standard InChI is InChI=1S/C23H32N2O4/c1-23(17-6-4-5-7-18(17)24-14-28-2)10-11-25-13-15-8-9-19(26)21(22(27)29-3)16(15)12-20(23)25/h4-7,14-16,19-21,26H,8-13H2,1-3H3/t15-,16-,19-,20-,21+,23+/m0/s1. The molecule has 4 rings (SSSR count). The molecule has 3 aliphatic rings. The van der Waals surface area contributed by atoms with Crippen LogP contribution in [0.2, 0.25) is 0 Å². The maximum absolute atomic E-state index is 12.5. The predicted molar refractivity (Wildman–Crippen MR) is 111 cm³/mol. The van der Waals surface area contributed by atoms with E-state index in [-0.39, 0.29) is 17.3 Å². The van der Waals surface area contributed by atoms with Gasteiger partial charge in [-0.3, -0.25) is 9.69 Å². The molecular weight excluding hydrogens is 368 g/mol. The number of carbonyl (C=O) groups is 1. The lowest BCUT2D eigenvalue weighted by molar-refractivity contribution is -0.159. The molecule has 0 unspecified atom stereocenters. The molecule has 0 amide bonds. The average molecular weight is 401 g/mol. The fraction of sp³-hybridized carbons (Fsp3) is 0.652. The molecule has 0 spiro atoms. The number of hydrogen-bond acceptors (Lipinski definition) is 6. The van der Waals surface area contributed by atoms with Crippen LogP contribution in [0, 0.1) is 17.8 Å². The topological polar surface area (TPSA) is 71.4 Å². The zero-order valence-corrected chi connectivity index (χ0v) is 17.6. The number of aliphatic hydroxyl groups is 1. The number of methoxy groups -OCH3 is 2. The Kier molecular flexibility index (Phi) is 5.67. The van der Waals surface area contributed by atoms with Crippen LogP contribution in [0.1, 0.15) is 38.2 Å². The van der Waals surface area contributed by atoms with Crippen molar-refractivity contribution < 1.29 is 19.4 Å². The number of aliphatic hydroxyl groups excluding tert-OH is 1. The van der Waals surface area contributed by atoms with Gasteiger partial charge in [0.05, 0.1) is 31.9 Å². The summed E-state index contributed by atoms with van der Waals surface area (Å²) in [6.07, 6.45) is 4.51. The molecule has 29 heavy (non-hydrogen) atoms. The van der Waals surface area contributed by atoms with Crippen LogP contribution in [0.5, 0.6) is 0 Å². The van der Waals surface area contributed by atoms with Gasteiger partial charge in [-0.15, -0.1) is 0 Å². The van der Waals surface area contributed by atoms with E-state index in [1.54, 1.807) is 7.11 Å². The van der Waals surface area contributed by atoms with Gasteiger partial charge in [-0.2, -0.15) is 0 Å². The van der Waals surface area contributed by atoms with Gasteiger partial charge in [0.1, 0.15) is 0 Å². The lowest BCUT2D eigenvalue weighted by Crippen LogP contribution is -2.55. The number of piperidine rings is 1. The van der Waals surface area contributed by atoms with Gasteiger partial charge < -0.3 is 14.6 Å². The third-order valence-corrected chi connectivity index (χ3v) is 7.66. The fourth-order valence-electron chi connectivity index (χ4n) is 6.17. The van der Waals surface area contributed by atoms with Crippen molar-refractivity contribution in [3.63, 3.8) is 0 Å². The van der Waals surface area contributed by atoms with E-state index >= 15 is 0 Å². The normalized spacial score (nSPS) is 37.2. The van der Waals surface area contributed by atoms with Crippen LogP contribution < -0.4 is 0 Å². The van der Waals surface area contributed by atoms with Crippen LogP contribution in [-0.4, -0.2) is 61.8 Å². The van der Waals surface area contributed by atoms with Gasteiger partial charge in [-0.05, 0) is 55.7 Å². The number of para-hydroxylation sites is 1. The van der Waals surface area contributed by atoms with Crippen molar-refractivity contribution in [2.24, 2.45) is 22.7 Å². The molecule has 2 aliphatic heterocycles. The number of fused-ring (bicyclic) bond motifs is 2. The van der Waals surface area contributed by atoms with E-state index in [2.05, 4.69) is 28.9 Å². The first kappa shape index (κ1) is 20.4. The molecule has 3 fully saturated rings. The molecule has 0 aromatic heterocycles. The molecule has 2 saturated heterocycles. The second-order valence-corrected chi connectivity index (χ2v) is 9.02. The second-order valence-electron chi connectivity index (χ2n) is 9.02. The Morgan fingerprint density at radius 2 is 2.10 bits per heavy atom. The van der Waals surface area contributed by atoms with Gasteiger partial charge in [-0.1, -0.05) is 25.1 Å². The van der Waals surface area contributed by atoms with Crippen LogP contribution in [0.4, 0.5) is 5.69 Å². The highest BCUT2D eigenvalue weighted by atomic mass is 16.5. The Morgan fingerprint density at radius 3 is 2.86 bits per heavy atom. The van der Waals surface area contributed by atoms with Crippen molar-refractivity contribution >= 4 is 18.1 Å². The molecule has 1 aromatic carbocycles. The smallest absolute Gasteiger partial charge is 0.311 e. The lowest BCUT2D eigenvalue weighted by atomic mass is 9.62. The van der Waals surface area contributed by atoms with Crippen LogP contribution in [0.15, 0.2) is 29.3 Å². The Labute approximate surface area is 172 Å². The quantitative estimate of drug-likeness (QED) is 0.478. The van der Waals surface area contributed by atoms with Gasteiger partial charge in [0.25, 0.3) is 0 Å². The number of ether oxygens (including phenoxy) is 2. The maximum atomic E-state index is 12.5. The second kappa shape index (κ2) is 8.07. The Bertz CT molecular complexity index is 782. The summed E-state index contributed by atoms with van der Waals surface area (Å²) in [7, 11) is 3.03. The maximum Gasteiger partial charge on any atom is 0.311 e. The Morgan fingerprint density at radius 1 is 1.31 bits per heavy atom. The first-order valence-electron chi connectivity index (χ1n) is 10.6. The first-order chi connectivity index (χ1) is 14.0. The summed E-state index contributed by atoms with van der Waals surface area (Å²) in [6.45, 7) is 4.37. The molecule has 1 N–H and O–H groups in total. The Hall–Kier alpha value is -1.92. The summed E-state index contributed by atoms with van der Waals surface area (Å²) < 4.78 is 10.1. The third kappa shape index (κ3) is 3.46. The van der Waals surface area contributed by atoms with E-state index in [9.17, 15) is 9.90 Å². The molecule has 0 bridgehead atoms. The zero-order chi connectivity index (χ0) is 20.6. The van der Waals surface area contributed by atoms with Crippen molar-refractivity contribution in [2.45, 2.75) is 50.2 Å². The molecule has 6 heteroatoms. The van der Waals surface area contributed by atoms with Crippen LogP contribution >= 0.6 is 0 Å². The predicted octanol–water partition coefficient (Wildman–Crippen LogP) is 2.90. The molecule has 6 atom stereocenters. The summed E-state index contributed by atoms with van der Waals surface area (Å²) in [5.41, 5.74) is 2.11. The molecule has 6 nitrogen and oxygen atoms in total. The molecule has 0 radical (unpaired) electrons. The minimum Gasteiger partial charge on any atom is -0.486 e. The molecule has 1 aliphatic carbocycles. The molecular formula is C23H32N2O4. The fourth-order valence-corrected chi connectivity index (χ4v) is 6.17. The van der Waals surface area contributed by atoms with E-state index in [4.69, 9.17) is 9.47 Å². The molecule has 2 heterocycles. The monoisotopic (exact) mass is 400 g/mol. The number of benzene rings is 1. The van der Waals surface area contributed by atoms with Gasteiger partial charge in [0, 0.05) is 18.0 Å². The molecule has 158 valence electrons. The van der Waals surface area contributed by atoms with E-state index in [0.717, 1.165) is 38.0 Å². The highest BCUT2D eigenvalue weighted by molar-refractivity contribution is 5.73. The minimum absolute atomic E-state index is 0.0598. The largest absolute Gasteiger partial charge is 0.486 e. The van der Waals surface area contributed by atoms with Crippen molar-refractivity contribution in [3.05, 3.63) is 29.8 Å². The number of carbonyl (C=O) groups excluding carboxylic acids is 1. The number of nitrogens with zero attached hydrogens (tertiary/aromatic N) is 2. The Balaban J connectivity index is 1.67. The van der Waals surface area contributed by atoms with Gasteiger partial charge >= 0.3 is 5.97 Å². The van der Waals surface area contributed by atoms with E-state index in [1.165, 1.54) is 19.1 Å². The lowest BCUT2D eigenvalue weighted by Gasteiger charge is -2.50. The molecule has 1 aromatic rings. The average Bonchev–Trinajstić information content (AvgIpc) is 3.07. The van der Waals surface area contributed by atoms with E-state index in [1.807, 2.05) is 12.1 Å². The zero-order valence-electron chi connectivity index (χ0n) is 17.6. The van der Waals surface area contributed by atoms with E-state index in [0.29, 0.717) is 18.4 Å². The van der Waals surface area contributed by atoms with Crippen molar-refractivity contribution in [2.75, 3.05) is 27.3 Å². The third-order valence-electron chi connectivity index (χ3n) is 7.66. The van der Waals surface area contributed by atoms with Gasteiger partial charge in [0.2, 0.25) is 0 Å². The number of hydrogen-bond donors (Lipinski definition) is 1. The highest BCUT2D eigenvalue weighted by Gasteiger charge is 2.54. The summed E-state index contributed by atoms with van der Waals surface area (Å²) in [5.74, 6) is -0.0553. The van der Waals surface area contributed by atoms with Crippen molar-refractivity contribution in [3.8, 4) is 0 Å². The van der Waals surface area contributed by atoms with Crippen LogP contribution in [0.25, 0.3) is 0 Å². The SMILES string of the molecule is COC=Nc1ccccc1[C@@]1(C)CCN2C[C@@H]3CC[C@H](O)[C@H](C(=O)OC)[C@H]3C[C@H]21. The summed E-state index contributed by atoms with van der Waals surface area (Å²) in [4.78, 5) is 19.6. The number of aliphatic imine (C=N–C) groups is 1. The van der Waals surface area contributed by atoms with Crippen LogP contribution in [0.3, 0.4) is 0 Å². The van der Waals surface area contributed by atoms with Crippen LogP contribution in [-0.2, 0) is 19.7 Å². The van der Waals surface area contributed by atoms with Gasteiger partial charge in [-0.25, -0.2) is 4.99 Å². The van der Waals surface area contributed by atoms with Crippen molar-refractivity contribution in [1.29, 1.82) is 0 Å². The summed E-state index contributed by atoms with van der Waals surface area (Å²) in [5, 5.41) is 10.6. The number of rotatable bonds is 4. The van der Waals surface area contributed by atoms with E-state index < -0.39 is 12.0 Å². The van der Waals surface area contributed by atoms with Crippen molar-refractivity contribution in [1.82, 2.24) is 4.90 Å². The highest BCUT2D eigenvalue weighted by Crippen LogP contribution is 2.52.